The minimum absolute atomic E-state index is 0.223. The summed E-state index contributed by atoms with van der Waals surface area (Å²) >= 11 is 0. The third-order valence-electron chi connectivity index (χ3n) is 3.53. The van der Waals surface area contributed by atoms with Gasteiger partial charge in [0, 0.05) is 18.9 Å². The Bertz CT molecular complexity index is 996. The van der Waals surface area contributed by atoms with Crippen LogP contribution in [0.2, 0.25) is 0 Å². The molecule has 3 rings (SSSR count). The Kier molecular flexibility index (Phi) is 4.39. The van der Waals surface area contributed by atoms with Gasteiger partial charge in [0.15, 0.2) is 5.82 Å². The van der Waals surface area contributed by atoms with Gasteiger partial charge in [0.2, 0.25) is 5.91 Å². The lowest BCUT2D eigenvalue weighted by molar-refractivity contribution is -0.117. The molecule has 25 heavy (non-hydrogen) atoms. The van der Waals surface area contributed by atoms with E-state index in [1.165, 1.54) is 4.57 Å². The molecule has 0 aliphatic carbocycles. The van der Waals surface area contributed by atoms with E-state index < -0.39 is 11.6 Å². The van der Waals surface area contributed by atoms with Crippen molar-refractivity contribution in [2.45, 2.75) is 6.54 Å². The molecule has 0 saturated heterocycles. The summed E-state index contributed by atoms with van der Waals surface area (Å²) in [5.74, 6) is -0.00532. The SMILES string of the molecule is Cn1c(-c2ccccn2)nn(CC(=O)Nc2ccc(C#N)cc2)c1=O. The largest absolute Gasteiger partial charge is 0.346 e. The predicted molar refractivity (Wildman–Crippen MR) is 90.5 cm³/mol. The summed E-state index contributed by atoms with van der Waals surface area (Å²) in [7, 11) is 1.58. The zero-order valence-electron chi connectivity index (χ0n) is 13.4. The van der Waals surface area contributed by atoms with E-state index in [0.29, 0.717) is 22.8 Å². The molecule has 1 aromatic carbocycles. The molecule has 124 valence electrons. The summed E-state index contributed by atoms with van der Waals surface area (Å²) in [5.41, 5.74) is 1.18. The van der Waals surface area contributed by atoms with Crippen LogP contribution in [-0.2, 0) is 18.4 Å². The average Bonchev–Trinajstić information content (AvgIpc) is 2.91. The number of aromatic nitrogens is 4. The minimum Gasteiger partial charge on any atom is -0.324 e. The van der Waals surface area contributed by atoms with Crippen LogP contribution in [0.5, 0.6) is 0 Å². The zero-order valence-corrected chi connectivity index (χ0v) is 13.4. The number of hydrogen-bond donors (Lipinski definition) is 1. The molecule has 2 heterocycles. The molecule has 0 spiro atoms. The van der Waals surface area contributed by atoms with Gasteiger partial charge in [-0.2, -0.15) is 5.26 Å². The van der Waals surface area contributed by atoms with E-state index >= 15 is 0 Å². The number of anilines is 1. The van der Waals surface area contributed by atoms with Crippen molar-refractivity contribution in [1.82, 2.24) is 19.3 Å². The van der Waals surface area contributed by atoms with E-state index in [2.05, 4.69) is 15.4 Å². The van der Waals surface area contributed by atoms with Crippen LogP contribution in [0, 0.1) is 11.3 Å². The summed E-state index contributed by atoms with van der Waals surface area (Å²) in [6.07, 6.45) is 1.61. The zero-order chi connectivity index (χ0) is 17.8. The molecular weight excluding hydrogens is 320 g/mol. The standard InChI is InChI=1S/C17H14N6O2/c1-22-16(14-4-2-3-9-19-14)21-23(17(22)25)11-15(24)20-13-7-5-12(10-18)6-8-13/h2-9H,11H2,1H3,(H,20,24). The van der Waals surface area contributed by atoms with E-state index in [0.717, 1.165) is 4.68 Å². The normalized spacial score (nSPS) is 10.2. The fraction of sp³-hybridized carbons (Fsp3) is 0.118. The van der Waals surface area contributed by atoms with Crippen LogP contribution in [0.4, 0.5) is 5.69 Å². The lowest BCUT2D eigenvalue weighted by Gasteiger charge is -2.04. The molecule has 0 unspecified atom stereocenters. The van der Waals surface area contributed by atoms with Crippen LogP contribution in [-0.4, -0.2) is 25.2 Å². The van der Waals surface area contributed by atoms with Crippen molar-refractivity contribution in [3.8, 4) is 17.6 Å². The first-order valence-corrected chi connectivity index (χ1v) is 7.44. The lowest BCUT2D eigenvalue weighted by Crippen LogP contribution is -2.29. The van der Waals surface area contributed by atoms with Crippen LogP contribution in [0.1, 0.15) is 5.56 Å². The van der Waals surface area contributed by atoms with Crippen molar-refractivity contribution in [3.63, 3.8) is 0 Å². The van der Waals surface area contributed by atoms with E-state index in [4.69, 9.17) is 5.26 Å². The molecule has 8 heteroatoms. The quantitative estimate of drug-likeness (QED) is 0.770. The van der Waals surface area contributed by atoms with Crippen LogP contribution in [0.3, 0.4) is 0 Å². The number of carbonyl (C=O) groups excluding carboxylic acids is 1. The van der Waals surface area contributed by atoms with Crippen LogP contribution < -0.4 is 11.0 Å². The molecule has 1 N–H and O–H groups in total. The first-order valence-electron chi connectivity index (χ1n) is 7.44. The molecule has 8 nitrogen and oxygen atoms in total. The topological polar surface area (TPSA) is 106 Å². The summed E-state index contributed by atoms with van der Waals surface area (Å²) in [6.45, 7) is -0.223. The highest BCUT2D eigenvalue weighted by Crippen LogP contribution is 2.11. The Morgan fingerprint density at radius 3 is 2.64 bits per heavy atom. The molecule has 0 bridgehead atoms. The highest BCUT2D eigenvalue weighted by molar-refractivity contribution is 5.90. The van der Waals surface area contributed by atoms with Gasteiger partial charge < -0.3 is 5.32 Å². The second-order valence-corrected chi connectivity index (χ2v) is 5.28. The number of benzene rings is 1. The average molecular weight is 334 g/mol. The fourth-order valence-corrected chi connectivity index (χ4v) is 2.27. The number of pyridine rings is 1. The van der Waals surface area contributed by atoms with E-state index in [1.54, 1.807) is 55.7 Å². The number of hydrogen-bond acceptors (Lipinski definition) is 5. The molecular formula is C17H14N6O2. The Labute approximate surface area is 143 Å². The first kappa shape index (κ1) is 16.1. The van der Waals surface area contributed by atoms with Crippen LogP contribution in [0.15, 0.2) is 53.5 Å². The maximum absolute atomic E-state index is 12.3. The lowest BCUT2D eigenvalue weighted by atomic mass is 10.2. The Morgan fingerprint density at radius 2 is 2.00 bits per heavy atom. The number of nitrogens with one attached hydrogen (secondary N) is 1. The van der Waals surface area contributed by atoms with Gasteiger partial charge in [-0.3, -0.25) is 14.3 Å². The van der Waals surface area contributed by atoms with Crippen molar-refractivity contribution in [2.75, 3.05) is 5.32 Å². The molecule has 0 fully saturated rings. The molecule has 3 aromatic rings. The second kappa shape index (κ2) is 6.80. The van der Waals surface area contributed by atoms with Gasteiger partial charge in [0.25, 0.3) is 0 Å². The van der Waals surface area contributed by atoms with Gasteiger partial charge in [0.1, 0.15) is 12.2 Å². The third kappa shape index (κ3) is 3.45. The maximum Gasteiger partial charge on any atom is 0.346 e. The van der Waals surface area contributed by atoms with Crippen LogP contribution >= 0.6 is 0 Å². The molecule has 0 radical (unpaired) electrons. The number of nitriles is 1. The van der Waals surface area contributed by atoms with E-state index in [-0.39, 0.29) is 6.54 Å². The van der Waals surface area contributed by atoms with Gasteiger partial charge >= 0.3 is 5.69 Å². The Morgan fingerprint density at radius 1 is 1.24 bits per heavy atom. The number of amides is 1. The number of rotatable bonds is 4. The van der Waals surface area contributed by atoms with Crippen molar-refractivity contribution >= 4 is 11.6 Å². The summed E-state index contributed by atoms with van der Waals surface area (Å²) in [4.78, 5) is 28.6. The Balaban J connectivity index is 1.77. The predicted octanol–water partition coefficient (Wildman–Crippen LogP) is 1.15. The molecule has 0 atom stereocenters. The van der Waals surface area contributed by atoms with Gasteiger partial charge in [0.05, 0.1) is 11.6 Å². The molecule has 1 amide bonds. The third-order valence-corrected chi connectivity index (χ3v) is 3.53. The van der Waals surface area contributed by atoms with Crippen molar-refractivity contribution < 1.29 is 4.79 Å². The highest BCUT2D eigenvalue weighted by atomic mass is 16.2. The molecule has 0 aliphatic heterocycles. The molecule has 2 aromatic heterocycles. The number of carbonyl (C=O) groups is 1. The van der Waals surface area contributed by atoms with Gasteiger partial charge in [-0.25, -0.2) is 9.48 Å². The van der Waals surface area contributed by atoms with E-state index in [9.17, 15) is 9.59 Å². The fourth-order valence-electron chi connectivity index (χ4n) is 2.27. The van der Waals surface area contributed by atoms with Gasteiger partial charge in [-0.1, -0.05) is 6.07 Å². The minimum atomic E-state index is -0.407. The first-order chi connectivity index (χ1) is 12.1. The second-order valence-electron chi connectivity index (χ2n) is 5.28. The highest BCUT2D eigenvalue weighted by Gasteiger charge is 2.15. The van der Waals surface area contributed by atoms with Crippen LogP contribution in [0.25, 0.3) is 11.5 Å². The molecule has 0 aliphatic rings. The summed E-state index contributed by atoms with van der Waals surface area (Å²) in [6, 6.07) is 13.7. The van der Waals surface area contributed by atoms with E-state index in [1.807, 2.05) is 6.07 Å². The monoisotopic (exact) mass is 334 g/mol. The van der Waals surface area contributed by atoms with Crippen molar-refractivity contribution in [2.24, 2.45) is 7.05 Å². The van der Waals surface area contributed by atoms with Crippen molar-refractivity contribution in [3.05, 3.63) is 64.7 Å². The Hall–Kier alpha value is -3.73. The smallest absolute Gasteiger partial charge is 0.324 e. The maximum atomic E-state index is 12.3. The summed E-state index contributed by atoms with van der Waals surface area (Å²) < 4.78 is 2.43. The van der Waals surface area contributed by atoms with Crippen molar-refractivity contribution in [1.29, 1.82) is 5.26 Å². The van der Waals surface area contributed by atoms with Gasteiger partial charge in [-0.05, 0) is 36.4 Å². The van der Waals surface area contributed by atoms with Gasteiger partial charge in [-0.15, -0.1) is 5.10 Å². The molecule has 0 saturated carbocycles. The number of nitrogens with zero attached hydrogens (tertiary/aromatic N) is 5. The summed E-state index contributed by atoms with van der Waals surface area (Å²) in [5, 5.41) is 15.6.